The van der Waals surface area contributed by atoms with Crippen LogP contribution in [-0.4, -0.2) is 37.6 Å². The van der Waals surface area contributed by atoms with Gasteiger partial charge >= 0.3 is 0 Å². The first kappa shape index (κ1) is 26.8. The Kier molecular flexibility index (Phi) is 7.49. The molecule has 1 N–H and O–H groups in total. The number of carbonyl (C=O) groups is 2. The van der Waals surface area contributed by atoms with E-state index in [4.69, 9.17) is 14.2 Å². The Balaban J connectivity index is 1.92. The topological polar surface area (TPSA) is 85.3 Å². The van der Waals surface area contributed by atoms with Gasteiger partial charge in [0.05, 0.1) is 38.0 Å². The van der Waals surface area contributed by atoms with Crippen molar-refractivity contribution in [3.8, 4) is 17.2 Å². The minimum absolute atomic E-state index is 0.0177. The van der Waals surface area contributed by atoms with Crippen molar-refractivity contribution in [3.63, 3.8) is 0 Å². The third kappa shape index (κ3) is 4.96. The first-order valence-corrected chi connectivity index (χ1v) is 12.5. The molecule has 7 heteroatoms. The van der Waals surface area contributed by atoms with E-state index in [0.717, 1.165) is 5.56 Å². The van der Waals surface area contributed by atoms with Gasteiger partial charge in [-0.2, -0.15) is 0 Å². The Morgan fingerprint density at radius 3 is 2.08 bits per heavy atom. The summed E-state index contributed by atoms with van der Waals surface area (Å²) in [5.41, 5.74) is 2.51. The summed E-state index contributed by atoms with van der Waals surface area (Å²) in [5.74, 6) is -0.325. The lowest BCUT2D eigenvalue weighted by atomic mass is 9.85. The SMILES string of the molecule is CCOc1ccc(N2C(=O)C(=O)/C(=C(\O)c3ccc(OC)cc3OC)C2c2ccc(C(C)(C)C)cc2)cc1. The maximum Gasteiger partial charge on any atom is 0.300 e. The maximum atomic E-state index is 13.5. The number of ether oxygens (including phenoxy) is 3. The van der Waals surface area contributed by atoms with Crippen LogP contribution in [0.5, 0.6) is 17.2 Å². The molecule has 1 aliphatic heterocycles. The molecule has 4 rings (SSSR count). The van der Waals surface area contributed by atoms with Crippen molar-refractivity contribution in [2.75, 3.05) is 25.7 Å². The minimum atomic E-state index is -0.853. The van der Waals surface area contributed by atoms with Gasteiger partial charge in [0.1, 0.15) is 23.0 Å². The number of rotatable bonds is 7. The zero-order chi connectivity index (χ0) is 27.6. The van der Waals surface area contributed by atoms with Crippen LogP contribution < -0.4 is 19.1 Å². The van der Waals surface area contributed by atoms with Crippen molar-refractivity contribution in [1.29, 1.82) is 0 Å². The van der Waals surface area contributed by atoms with Crippen LogP contribution in [0.15, 0.2) is 72.3 Å². The van der Waals surface area contributed by atoms with Gasteiger partial charge in [0.15, 0.2) is 0 Å². The molecule has 1 amide bonds. The highest BCUT2D eigenvalue weighted by molar-refractivity contribution is 6.51. The smallest absolute Gasteiger partial charge is 0.300 e. The number of aliphatic hydroxyl groups is 1. The monoisotopic (exact) mass is 515 g/mol. The normalized spacial score (nSPS) is 17.0. The summed E-state index contributed by atoms with van der Waals surface area (Å²) < 4.78 is 16.3. The van der Waals surface area contributed by atoms with Crippen LogP contribution >= 0.6 is 0 Å². The molecule has 0 saturated carbocycles. The van der Waals surface area contributed by atoms with E-state index in [1.807, 2.05) is 31.2 Å². The summed E-state index contributed by atoms with van der Waals surface area (Å²) in [6.07, 6.45) is 0. The lowest BCUT2D eigenvalue weighted by Gasteiger charge is -2.27. The second-order valence-corrected chi connectivity index (χ2v) is 10.0. The summed E-state index contributed by atoms with van der Waals surface area (Å²) in [4.78, 5) is 28.4. The second kappa shape index (κ2) is 10.6. The molecule has 0 aromatic heterocycles. The van der Waals surface area contributed by atoms with E-state index in [9.17, 15) is 14.7 Å². The van der Waals surface area contributed by atoms with Gasteiger partial charge in [0, 0.05) is 11.8 Å². The van der Waals surface area contributed by atoms with Gasteiger partial charge in [-0.15, -0.1) is 0 Å². The van der Waals surface area contributed by atoms with Crippen LogP contribution in [0.4, 0.5) is 5.69 Å². The number of benzene rings is 3. The molecule has 1 aliphatic rings. The maximum absolute atomic E-state index is 13.5. The molecule has 1 unspecified atom stereocenters. The number of methoxy groups -OCH3 is 2. The Bertz CT molecular complexity index is 1370. The van der Waals surface area contributed by atoms with Crippen LogP contribution in [0, 0.1) is 0 Å². The molecule has 1 heterocycles. The van der Waals surface area contributed by atoms with E-state index in [1.165, 1.54) is 19.1 Å². The lowest BCUT2D eigenvalue weighted by molar-refractivity contribution is -0.132. The number of aliphatic hydroxyl groups excluding tert-OH is 1. The average molecular weight is 516 g/mol. The summed E-state index contributed by atoms with van der Waals surface area (Å²) in [7, 11) is 2.99. The molecule has 1 fully saturated rings. The highest BCUT2D eigenvalue weighted by Crippen LogP contribution is 2.44. The molecular weight excluding hydrogens is 482 g/mol. The van der Waals surface area contributed by atoms with Crippen molar-refractivity contribution >= 4 is 23.1 Å². The van der Waals surface area contributed by atoms with Crippen molar-refractivity contribution < 1.29 is 28.9 Å². The Labute approximate surface area is 223 Å². The standard InChI is InChI=1S/C31H33NO6/c1-7-38-22-14-12-21(13-15-22)32-27(19-8-10-20(11-9-19)31(2,3)4)26(29(34)30(32)35)28(33)24-17-16-23(36-5)18-25(24)37-6/h8-18,27,33H,7H2,1-6H3/b28-26-. The Hall–Kier alpha value is -4.26. The van der Waals surface area contributed by atoms with Crippen LogP contribution in [0.3, 0.4) is 0 Å². The average Bonchev–Trinajstić information content (AvgIpc) is 3.18. The summed E-state index contributed by atoms with van der Waals surface area (Å²) in [5, 5.41) is 11.5. The summed E-state index contributed by atoms with van der Waals surface area (Å²) in [6, 6.07) is 18.8. The third-order valence-corrected chi connectivity index (χ3v) is 6.63. The predicted octanol–water partition coefficient (Wildman–Crippen LogP) is 6.03. The van der Waals surface area contributed by atoms with Crippen molar-refractivity contribution in [2.24, 2.45) is 0 Å². The van der Waals surface area contributed by atoms with Crippen LogP contribution in [0.1, 0.15) is 50.4 Å². The first-order valence-electron chi connectivity index (χ1n) is 12.5. The number of Topliss-reactive ketones (excluding diaryl/α,β-unsaturated/α-hetero) is 1. The molecule has 0 bridgehead atoms. The fourth-order valence-electron chi connectivity index (χ4n) is 4.59. The van der Waals surface area contributed by atoms with Gasteiger partial charge in [0.2, 0.25) is 0 Å². The zero-order valence-corrected chi connectivity index (χ0v) is 22.6. The molecule has 198 valence electrons. The van der Waals surface area contributed by atoms with Crippen molar-refractivity contribution in [2.45, 2.75) is 39.2 Å². The molecule has 3 aromatic rings. The molecule has 7 nitrogen and oxygen atoms in total. The van der Waals surface area contributed by atoms with Crippen molar-refractivity contribution in [1.82, 2.24) is 0 Å². The number of anilines is 1. The van der Waals surface area contributed by atoms with E-state index in [1.54, 1.807) is 42.5 Å². The van der Waals surface area contributed by atoms with E-state index < -0.39 is 17.7 Å². The third-order valence-electron chi connectivity index (χ3n) is 6.63. The number of ketones is 1. The van der Waals surface area contributed by atoms with Gasteiger partial charge in [-0.25, -0.2) is 0 Å². The largest absolute Gasteiger partial charge is 0.507 e. The fraction of sp³-hybridized carbons (Fsp3) is 0.290. The van der Waals surface area contributed by atoms with Crippen molar-refractivity contribution in [3.05, 3.63) is 89.0 Å². The lowest BCUT2D eigenvalue weighted by Crippen LogP contribution is -2.29. The fourth-order valence-corrected chi connectivity index (χ4v) is 4.59. The molecular formula is C31H33NO6. The molecule has 3 aromatic carbocycles. The van der Waals surface area contributed by atoms with Gasteiger partial charge in [0.25, 0.3) is 11.7 Å². The summed E-state index contributed by atoms with van der Waals surface area (Å²) in [6.45, 7) is 8.74. The molecule has 38 heavy (non-hydrogen) atoms. The van der Waals surface area contributed by atoms with E-state index in [-0.39, 0.29) is 22.3 Å². The number of nitrogens with zero attached hydrogens (tertiary/aromatic N) is 1. The Morgan fingerprint density at radius 2 is 1.53 bits per heavy atom. The highest BCUT2D eigenvalue weighted by Gasteiger charge is 2.47. The highest BCUT2D eigenvalue weighted by atomic mass is 16.5. The zero-order valence-electron chi connectivity index (χ0n) is 22.6. The molecule has 0 radical (unpaired) electrons. The number of carbonyl (C=O) groups excluding carboxylic acids is 2. The van der Waals surface area contributed by atoms with Gasteiger partial charge in [-0.1, -0.05) is 45.0 Å². The quantitative estimate of drug-likeness (QED) is 0.235. The molecule has 1 saturated heterocycles. The van der Waals surface area contributed by atoms with Crippen LogP contribution in [-0.2, 0) is 15.0 Å². The second-order valence-electron chi connectivity index (χ2n) is 10.0. The number of amides is 1. The van der Waals surface area contributed by atoms with E-state index >= 15 is 0 Å². The summed E-state index contributed by atoms with van der Waals surface area (Å²) >= 11 is 0. The van der Waals surface area contributed by atoms with E-state index in [0.29, 0.717) is 35.1 Å². The molecule has 0 aliphatic carbocycles. The van der Waals surface area contributed by atoms with Gasteiger partial charge in [-0.05, 0) is 59.9 Å². The van der Waals surface area contributed by atoms with Crippen LogP contribution in [0.25, 0.3) is 5.76 Å². The van der Waals surface area contributed by atoms with E-state index in [2.05, 4.69) is 20.8 Å². The first-order chi connectivity index (χ1) is 18.1. The Morgan fingerprint density at radius 1 is 0.895 bits per heavy atom. The minimum Gasteiger partial charge on any atom is -0.507 e. The predicted molar refractivity (Wildman–Crippen MR) is 147 cm³/mol. The number of hydrogen-bond acceptors (Lipinski definition) is 6. The molecule has 1 atom stereocenters. The van der Waals surface area contributed by atoms with Gasteiger partial charge in [-0.3, -0.25) is 14.5 Å². The molecule has 0 spiro atoms. The van der Waals surface area contributed by atoms with Gasteiger partial charge < -0.3 is 19.3 Å². The number of hydrogen-bond donors (Lipinski definition) is 1. The van der Waals surface area contributed by atoms with Crippen LogP contribution in [0.2, 0.25) is 0 Å².